The Hall–Kier alpha value is -1.36. The van der Waals surface area contributed by atoms with E-state index in [0.717, 1.165) is 7.11 Å². The van der Waals surface area contributed by atoms with E-state index < -0.39 is 23.6 Å². The van der Waals surface area contributed by atoms with Crippen LogP contribution in [0.25, 0.3) is 0 Å². The molecule has 5 nitrogen and oxygen atoms in total. The Kier molecular flexibility index (Phi) is 3.26. The first-order valence-electron chi connectivity index (χ1n) is 2.68. The fourth-order valence-electron chi connectivity index (χ4n) is 0.504. The van der Waals surface area contributed by atoms with Crippen LogP contribution in [0, 0.1) is 0 Å². The van der Waals surface area contributed by atoms with Crippen LogP contribution in [-0.4, -0.2) is 35.4 Å². The highest BCUT2D eigenvalue weighted by molar-refractivity contribution is 5.94. The molecule has 0 aliphatic heterocycles. The van der Waals surface area contributed by atoms with Crippen LogP contribution in [0.15, 0.2) is 12.2 Å². The predicted octanol–water partition coefficient (Wildman–Crippen LogP) is -0.273. The number of carbonyl (C=O) groups is 2. The second-order valence-electron chi connectivity index (χ2n) is 1.78. The third-order valence-electron chi connectivity index (χ3n) is 1.05. The van der Waals surface area contributed by atoms with Crippen LogP contribution in [0.3, 0.4) is 0 Å². The Morgan fingerprint density at radius 3 is 2.00 bits per heavy atom. The standard InChI is InChI=1S/C6H8O5/c1-3(5(7)8)4(11-2)6(9)10/h4H,1H2,2H3,(H,7,8)(H,9,10). The van der Waals surface area contributed by atoms with Gasteiger partial charge in [-0.1, -0.05) is 6.58 Å². The molecule has 0 aliphatic rings. The minimum atomic E-state index is -1.47. The molecule has 0 bridgehead atoms. The number of carboxylic acids is 2. The molecule has 0 heterocycles. The van der Waals surface area contributed by atoms with Gasteiger partial charge in [0, 0.05) is 7.11 Å². The van der Waals surface area contributed by atoms with Gasteiger partial charge >= 0.3 is 11.9 Å². The average Bonchev–Trinajstić information content (AvgIpc) is 1.88. The number of carboxylic acid groups (broad SMARTS) is 2. The van der Waals surface area contributed by atoms with E-state index in [1.54, 1.807) is 0 Å². The zero-order chi connectivity index (χ0) is 9.02. The summed E-state index contributed by atoms with van der Waals surface area (Å²) < 4.78 is 4.35. The van der Waals surface area contributed by atoms with Crippen molar-refractivity contribution in [3.63, 3.8) is 0 Å². The molecular formula is C6H8O5. The highest BCUT2D eigenvalue weighted by Gasteiger charge is 2.24. The normalized spacial score (nSPS) is 12.1. The van der Waals surface area contributed by atoms with Gasteiger partial charge in [0.25, 0.3) is 0 Å². The second kappa shape index (κ2) is 3.72. The zero-order valence-electron chi connectivity index (χ0n) is 5.90. The lowest BCUT2D eigenvalue weighted by Crippen LogP contribution is -2.28. The van der Waals surface area contributed by atoms with E-state index in [1.807, 2.05) is 0 Å². The van der Waals surface area contributed by atoms with E-state index in [9.17, 15) is 9.59 Å². The number of hydrogen-bond donors (Lipinski definition) is 2. The molecule has 0 saturated heterocycles. The molecule has 0 radical (unpaired) electrons. The quantitative estimate of drug-likeness (QED) is 0.553. The van der Waals surface area contributed by atoms with Gasteiger partial charge in [-0.3, -0.25) is 0 Å². The molecule has 0 rings (SSSR count). The van der Waals surface area contributed by atoms with Crippen LogP contribution in [0.2, 0.25) is 0 Å². The minimum absolute atomic E-state index is 0.486. The van der Waals surface area contributed by atoms with Gasteiger partial charge in [0.05, 0.1) is 5.57 Å². The Labute approximate surface area is 62.9 Å². The van der Waals surface area contributed by atoms with E-state index in [2.05, 4.69) is 11.3 Å². The molecule has 0 aromatic heterocycles. The summed E-state index contributed by atoms with van der Waals surface area (Å²) in [5.74, 6) is -2.74. The smallest absolute Gasteiger partial charge is 0.337 e. The minimum Gasteiger partial charge on any atom is -0.479 e. The summed E-state index contributed by atoms with van der Waals surface area (Å²) in [6.07, 6.45) is -1.47. The maximum atomic E-state index is 10.2. The number of aliphatic carboxylic acids is 2. The van der Waals surface area contributed by atoms with E-state index in [4.69, 9.17) is 10.2 Å². The predicted molar refractivity (Wildman–Crippen MR) is 35.2 cm³/mol. The second-order valence-corrected chi connectivity index (χ2v) is 1.78. The third kappa shape index (κ3) is 2.38. The molecule has 62 valence electrons. The van der Waals surface area contributed by atoms with Gasteiger partial charge in [0.2, 0.25) is 0 Å². The average molecular weight is 160 g/mol. The molecule has 0 aliphatic carbocycles. The molecule has 11 heavy (non-hydrogen) atoms. The monoisotopic (exact) mass is 160 g/mol. The highest BCUT2D eigenvalue weighted by atomic mass is 16.5. The third-order valence-corrected chi connectivity index (χ3v) is 1.05. The first-order chi connectivity index (χ1) is 5.00. The van der Waals surface area contributed by atoms with Crippen molar-refractivity contribution in [2.75, 3.05) is 7.11 Å². The van der Waals surface area contributed by atoms with E-state index in [1.165, 1.54) is 0 Å². The molecule has 1 unspecified atom stereocenters. The van der Waals surface area contributed by atoms with Gasteiger partial charge in [0.1, 0.15) is 0 Å². The Balaban J connectivity index is 4.39. The fourth-order valence-corrected chi connectivity index (χ4v) is 0.504. The number of ether oxygens (including phenoxy) is 1. The Morgan fingerprint density at radius 1 is 1.45 bits per heavy atom. The van der Waals surface area contributed by atoms with Crippen molar-refractivity contribution in [1.29, 1.82) is 0 Å². The van der Waals surface area contributed by atoms with Gasteiger partial charge < -0.3 is 14.9 Å². The lowest BCUT2D eigenvalue weighted by atomic mass is 10.2. The lowest BCUT2D eigenvalue weighted by Gasteiger charge is -2.08. The van der Waals surface area contributed by atoms with Crippen LogP contribution < -0.4 is 0 Å². The van der Waals surface area contributed by atoms with Crippen molar-refractivity contribution in [3.8, 4) is 0 Å². The summed E-state index contributed by atoms with van der Waals surface area (Å²) in [5, 5.41) is 16.6. The summed E-state index contributed by atoms with van der Waals surface area (Å²) in [5.41, 5.74) is -0.486. The van der Waals surface area contributed by atoms with E-state index in [0.29, 0.717) is 0 Å². The van der Waals surface area contributed by atoms with E-state index >= 15 is 0 Å². The Morgan fingerprint density at radius 2 is 1.91 bits per heavy atom. The van der Waals surface area contributed by atoms with Crippen LogP contribution in [-0.2, 0) is 14.3 Å². The van der Waals surface area contributed by atoms with Gasteiger partial charge in [0.15, 0.2) is 6.10 Å². The highest BCUT2D eigenvalue weighted by Crippen LogP contribution is 2.03. The van der Waals surface area contributed by atoms with Crippen LogP contribution in [0.1, 0.15) is 0 Å². The number of rotatable bonds is 4. The summed E-state index contributed by atoms with van der Waals surface area (Å²) in [4.78, 5) is 20.4. The molecule has 5 heteroatoms. The SMILES string of the molecule is C=C(C(=O)O)C(OC)C(=O)O. The van der Waals surface area contributed by atoms with Crippen molar-refractivity contribution >= 4 is 11.9 Å². The fraction of sp³-hybridized carbons (Fsp3) is 0.333. The molecule has 0 amide bonds. The number of hydrogen-bond acceptors (Lipinski definition) is 3. The zero-order valence-corrected chi connectivity index (χ0v) is 5.90. The maximum absolute atomic E-state index is 10.2. The molecule has 1 atom stereocenters. The molecule has 0 aromatic carbocycles. The number of methoxy groups -OCH3 is 1. The first kappa shape index (κ1) is 9.64. The van der Waals surface area contributed by atoms with Crippen LogP contribution in [0.5, 0.6) is 0 Å². The molecule has 0 fully saturated rings. The van der Waals surface area contributed by atoms with Crippen molar-refractivity contribution in [2.24, 2.45) is 0 Å². The largest absolute Gasteiger partial charge is 0.479 e. The summed E-state index contributed by atoms with van der Waals surface area (Å²) in [6.45, 7) is 3.04. The topological polar surface area (TPSA) is 83.8 Å². The van der Waals surface area contributed by atoms with Gasteiger partial charge in [-0.25, -0.2) is 9.59 Å². The van der Waals surface area contributed by atoms with Crippen molar-refractivity contribution < 1.29 is 24.5 Å². The van der Waals surface area contributed by atoms with Crippen LogP contribution >= 0.6 is 0 Å². The molecule has 0 saturated carbocycles. The van der Waals surface area contributed by atoms with Crippen molar-refractivity contribution in [2.45, 2.75) is 6.10 Å². The van der Waals surface area contributed by atoms with Gasteiger partial charge in [-0.2, -0.15) is 0 Å². The van der Waals surface area contributed by atoms with Crippen molar-refractivity contribution in [3.05, 3.63) is 12.2 Å². The van der Waals surface area contributed by atoms with Gasteiger partial charge in [-0.15, -0.1) is 0 Å². The molecule has 0 aromatic rings. The molecule has 0 spiro atoms. The molecular weight excluding hydrogens is 152 g/mol. The Bertz CT molecular complexity index is 195. The first-order valence-corrected chi connectivity index (χ1v) is 2.68. The summed E-state index contributed by atoms with van der Waals surface area (Å²) in [7, 11) is 1.10. The molecule has 2 N–H and O–H groups in total. The maximum Gasteiger partial charge on any atom is 0.337 e. The van der Waals surface area contributed by atoms with Crippen LogP contribution in [0.4, 0.5) is 0 Å². The van der Waals surface area contributed by atoms with E-state index in [-0.39, 0.29) is 0 Å². The van der Waals surface area contributed by atoms with Gasteiger partial charge in [-0.05, 0) is 0 Å². The van der Waals surface area contributed by atoms with Crippen molar-refractivity contribution in [1.82, 2.24) is 0 Å². The lowest BCUT2D eigenvalue weighted by molar-refractivity contribution is -0.149. The summed E-state index contributed by atoms with van der Waals surface area (Å²) >= 11 is 0. The summed E-state index contributed by atoms with van der Waals surface area (Å²) in [6, 6.07) is 0.